The van der Waals surface area contributed by atoms with Gasteiger partial charge >= 0.3 is 0 Å². The predicted molar refractivity (Wildman–Crippen MR) is 75.4 cm³/mol. The Morgan fingerprint density at radius 3 is 3.00 bits per heavy atom. The predicted octanol–water partition coefficient (Wildman–Crippen LogP) is 1.66. The molecule has 0 bridgehead atoms. The molecule has 0 aromatic carbocycles. The number of fused-ring (bicyclic) bond motifs is 1. The number of rotatable bonds is 5. The molecule has 0 radical (unpaired) electrons. The maximum absolute atomic E-state index is 10.9. The summed E-state index contributed by atoms with van der Waals surface area (Å²) in [6.07, 6.45) is 2.47. The summed E-state index contributed by atoms with van der Waals surface area (Å²) in [6, 6.07) is 1.94. The molecule has 0 aliphatic heterocycles. The van der Waals surface area contributed by atoms with Gasteiger partial charge in [-0.2, -0.15) is 0 Å². The van der Waals surface area contributed by atoms with Crippen molar-refractivity contribution in [1.29, 1.82) is 0 Å². The zero-order valence-corrected chi connectivity index (χ0v) is 11.9. The second kappa shape index (κ2) is 6.02. The molecule has 102 valence electrons. The van der Waals surface area contributed by atoms with Crippen molar-refractivity contribution < 1.29 is 4.79 Å². The Kier molecular flexibility index (Phi) is 4.37. The van der Waals surface area contributed by atoms with Crippen molar-refractivity contribution in [2.24, 2.45) is 0 Å². The van der Waals surface area contributed by atoms with Gasteiger partial charge in [-0.05, 0) is 18.6 Å². The maximum atomic E-state index is 10.9. The van der Waals surface area contributed by atoms with Crippen molar-refractivity contribution in [1.82, 2.24) is 19.9 Å². The lowest BCUT2D eigenvalue weighted by Crippen LogP contribution is -2.25. The van der Waals surface area contributed by atoms with Crippen molar-refractivity contribution >= 4 is 28.7 Å². The van der Waals surface area contributed by atoms with Gasteiger partial charge in [0.2, 0.25) is 5.91 Å². The van der Waals surface area contributed by atoms with Crippen LogP contribution in [0.1, 0.15) is 18.3 Å². The molecule has 0 aliphatic carbocycles. The zero-order chi connectivity index (χ0) is 13.8. The lowest BCUT2D eigenvalue weighted by atomic mass is 10.3. The molecule has 6 heteroatoms. The van der Waals surface area contributed by atoms with Crippen molar-refractivity contribution in [2.75, 3.05) is 12.4 Å². The average molecular weight is 281 g/mol. The van der Waals surface area contributed by atoms with Crippen LogP contribution >= 0.6 is 11.6 Å². The molecule has 1 amide bonds. The van der Waals surface area contributed by atoms with Crippen LogP contribution in [0.25, 0.3) is 11.2 Å². The summed E-state index contributed by atoms with van der Waals surface area (Å²) in [5.41, 5.74) is 2.86. The van der Waals surface area contributed by atoms with E-state index in [-0.39, 0.29) is 5.91 Å². The maximum Gasteiger partial charge on any atom is 0.216 e. The summed E-state index contributed by atoms with van der Waals surface area (Å²) in [6.45, 7) is 4.73. The van der Waals surface area contributed by atoms with Crippen molar-refractivity contribution in [3.8, 4) is 0 Å². The highest BCUT2D eigenvalue weighted by Crippen LogP contribution is 2.17. The van der Waals surface area contributed by atoms with Crippen LogP contribution in [0.5, 0.6) is 0 Å². The van der Waals surface area contributed by atoms with Gasteiger partial charge in [0.15, 0.2) is 5.65 Å². The first-order valence-electron chi connectivity index (χ1n) is 6.24. The monoisotopic (exact) mass is 280 g/mol. The molecular weight excluding hydrogens is 264 g/mol. The Bertz CT molecular complexity index is 594. The summed E-state index contributed by atoms with van der Waals surface area (Å²) < 4.78 is 2.03. The third-order valence-corrected chi connectivity index (χ3v) is 3.13. The van der Waals surface area contributed by atoms with E-state index in [1.807, 2.05) is 17.6 Å². The second-order valence-electron chi connectivity index (χ2n) is 4.40. The topological polar surface area (TPSA) is 59.8 Å². The van der Waals surface area contributed by atoms with Gasteiger partial charge < -0.3 is 9.88 Å². The number of nitrogens with one attached hydrogen (secondary N) is 1. The van der Waals surface area contributed by atoms with E-state index in [1.165, 1.54) is 6.92 Å². The fourth-order valence-electron chi connectivity index (χ4n) is 2.04. The van der Waals surface area contributed by atoms with Gasteiger partial charge in [0.05, 0.1) is 0 Å². The fraction of sp³-hybridized carbons (Fsp3) is 0.462. The second-order valence-corrected chi connectivity index (χ2v) is 4.78. The number of pyridine rings is 1. The quantitative estimate of drug-likeness (QED) is 0.848. The number of hydrogen-bond donors (Lipinski definition) is 1. The molecule has 0 spiro atoms. The van der Waals surface area contributed by atoms with Gasteiger partial charge in [-0.25, -0.2) is 9.97 Å². The molecule has 0 atom stereocenters. The highest BCUT2D eigenvalue weighted by Gasteiger charge is 2.12. The highest BCUT2D eigenvalue weighted by molar-refractivity contribution is 6.17. The van der Waals surface area contributed by atoms with Crippen LogP contribution in [0.4, 0.5) is 0 Å². The lowest BCUT2D eigenvalue weighted by molar-refractivity contribution is -0.118. The van der Waals surface area contributed by atoms with E-state index in [2.05, 4.69) is 15.3 Å². The van der Waals surface area contributed by atoms with Gasteiger partial charge in [0.1, 0.15) is 11.3 Å². The van der Waals surface area contributed by atoms with Gasteiger partial charge in [-0.3, -0.25) is 4.79 Å². The summed E-state index contributed by atoms with van der Waals surface area (Å²) >= 11 is 5.82. The van der Waals surface area contributed by atoms with Crippen LogP contribution in [0.3, 0.4) is 0 Å². The number of carbonyl (C=O) groups is 1. The van der Waals surface area contributed by atoms with Gasteiger partial charge in [-0.1, -0.05) is 0 Å². The molecule has 2 aromatic heterocycles. The molecule has 2 heterocycles. The van der Waals surface area contributed by atoms with Crippen LogP contribution in [0, 0.1) is 6.92 Å². The fourth-order valence-corrected chi connectivity index (χ4v) is 2.21. The summed E-state index contributed by atoms with van der Waals surface area (Å²) in [7, 11) is 0. The van der Waals surface area contributed by atoms with E-state index >= 15 is 0 Å². The first-order chi connectivity index (χ1) is 9.13. The number of carbonyl (C=O) groups excluding carboxylic acids is 1. The minimum atomic E-state index is -0.0348. The van der Waals surface area contributed by atoms with Crippen LogP contribution in [-0.4, -0.2) is 32.9 Å². The lowest BCUT2D eigenvalue weighted by Gasteiger charge is -2.08. The Labute approximate surface area is 117 Å². The number of hydrogen-bond acceptors (Lipinski definition) is 3. The van der Waals surface area contributed by atoms with E-state index in [0.717, 1.165) is 22.6 Å². The normalized spacial score (nSPS) is 10.9. The first-order valence-corrected chi connectivity index (χ1v) is 6.78. The molecule has 2 rings (SSSR count). The van der Waals surface area contributed by atoms with Gasteiger partial charge in [0, 0.05) is 38.5 Å². The molecule has 19 heavy (non-hydrogen) atoms. The summed E-state index contributed by atoms with van der Waals surface area (Å²) in [4.78, 5) is 19.9. The minimum Gasteiger partial charge on any atom is -0.355 e. The van der Waals surface area contributed by atoms with Gasteiger partial charge in [0.25, 0.3) is 0 Å². The van der Waals surface area contributed by atoms with Crippen molar-refractivity contribution in [2.45, 2.75) is 26.8 Å². The summed E-state index contributed by atoms with van der Waals surface area (Å²) in [5, 5.41) is 2.78. The Balaban J connectivity index is 2.35. The van der Waals surface area contributed by atoms with E-state index in [4.69, 9.17) is 11.6 Å². The average Bonchev–Trinajstić information content (AvgIpc) is 2.70. The number of amides is 1. The molecule has 2 aromatic rings. The van der Waals surface area contributed by atoms with Crippen LogP contribution in [-0.2, 0) is 17.8 Å². The number of halogens is 1. The first kappa shape index (κ1) is 13.8. The van der Waals surface area contributed by atoms with E-state index in [9.17, 15) is 4.79 Å². The Morgan fingerprint density at radius 2 is 2.32 bits per heavy atom. The highest BCUT2D eigenvalue weighted by atomic mass is 35.5. The molecule has 0 unspecified atom stereocenters. The molecule has 0 saturated heterocycles. The van der Waals surface area contributed by atoms with Gasteiger partial charge in [-0.15, -0.1) is 11.6 Å². The molecule has 0 saturated carbocycles. The molecule has 0 fully saturated rings. The van der Waals surface area contributed by atoms with Crippen LogP contribution in [0.2, 0.25) is 0 Å². The third-order valence-electron chi connectivity index (χ3n) is 2.94. The Hall–Kier alpha value is -1.62. The number of alkyl halides is 1. The van der Waals surface area contributed by atoms with Crippen molar-refractivity contribution in [3.05, 3.63) is 23.7 Å². The zero-order valence-electron chi connectivity index (χ0n) is 11.1. The molecule has 5 nitrogen and oxygen atoms in total. The van der Waals surface area contributed by atoms with E-state index in [0.29, 0.717) is 25.4 Å². The largest absolute Gasteiger partial charge is 0.355 e. The molecule has 1 N–H and O–H groups in total. The van der Waals surface area contributed by atoms with Crippen LogP contribution in [0.15, 0.2) is 12.3 Å². The number of imidazole rings is 1. The van der Waals surface area contributed by atoms with Crippen LogP contribution < -0.4 is 5.32 Å². The molecular formula is C13H17ClN4O. The third kappa shape index (κ3) is 3.04. The number of nitrogens with zero attached hydrogens (tertiary/aromatic N) is 3. The Morgan fingerprint density at radius 1 is 1.53 bits per heavy atom. The minimum absolute atomic E-state index is 0.0348. The SMILES string of the molecule is CC(=O)NCCn1c(CCCl)nc2c(C)ccnc21. The standard InChI is InChI=1S/C13H17ClN4O/c1-9-4-6-16-13-12(9)17-11(3-5-14)18(13)8-7-15-10(2)19/h4,6H,3,5,7-8H2,1-2H3,(H,15,19). The smallest absolute Gasteiger partial charge is 0.216 e. The van der Waals surface area contributed by atoms with E-state index in [1.54, 1.807) is 6.20 Å². The van der Waals surface area contributed by atoms with E-state index < -0.39 is 0 Å². The number of aromatic nitrogens is 3. The molecule has 0 aliphatic rings. The summed E-state index contributed by atoms with van der Waals surface area (Å²) in [5.74, 6) is 1.40. The number of aryl methyl sites for hydroxylation is 2. The van der Waals surface area contributed by atoms with Crippen molar-refractivity contribution in [3.63, 3.8) is 0 Å².